The zero-order valence-corrected chi connectivity index (χ0v) is 13.9. The Hall–Kier alpha value is -2.24. The van der Waals surface area contributed by atoms with Crippen molar-refractivity contribution in [3.63, 3.8) is 0 Å². The van der Waals surface area contributed by atoms with Crippen molar-refractivity contribution in [2.45, 2.75) is 32.2 Å². The Morgan fingerprint density at radius 3 is 2.61 bits per heavy atom. The third-order valence-corrected chi connectivity index (χ3v) is 4.44. The Labute approximate surface area is 136 Å². The lowest BCUT2D eigenvalue weighted by Gasteiger charge is -2.37. The number of carbonyl (C=O) groups is 2. The van der Waals surface area contributed by atoms with E-state index in [9.17, 15) is 9.59 Å². The van der Waals surface area contributed by atoms with Gasteiger partial charge < -0.3 is 20.1 Å². The molecule has 0 bridgehead atoms. The Balaban J connectivity index is 2.13. The third kappa shape index (κ3) is 3.94. The average Bonchev–Trinajstić information content (AvgIpc) is 2.55. The molecular weight excluding hydrogens is 296 g/mol. The van der Waals surface area contributed by atoms with E-state index in [0.29, 0.717) is 18.0 Å². The zero-order valence-electron chi connectivity index (χ0n) is 13.9. The highest BCUT2D eigenvalue weighted by Crippen LogP contribution is 2.27. The molecule has 1 aromatic rings. The standard InChI is InChI=1S/C17H24N2O4/c1-11-4-5-13(17(18)21)10-19(11)16(20)8-12-6-7-14(22-2)9-15(12)23-3/h6-7,9,11,13H,4-5,8,10H2,1-3H3,(H2,18,21)/t11-,13+/m0/s1. The van der Waals surface area contributed by atoms with Crippen LogP contribution < -0.4 is 15.2 Å². The highest BCUT2D eigenvalue weighted by atomic mass is 16.5. The molecule has 1 aliphatic heterocycles. The summed E-state index contributed by atoms with van der Waals surface area (Å²) in [4.78, 5) is 25.8. The molecule has 1 aromatic carbocycles. The molecule has 0 unspecified atom stereocenters. The van der Waals surface area contributed by atoms with Crippen LogP contribution >= 0.6 is 0 Å². The van der Waals surface area contributed by atoms with E-state index in [1.54, 1.807) is 31.3 Å². The molecule has 0 radical (unpaired) electrons. The average molecular weight is 320 g/mol. The Kier molecular flexibility index (Phi) is 5.47. The fraction of sp³-hybridized carbons (Fsp3) is 0.529. The Bertz CT molecular complexity index is 588. The molecule has 23 heavy (non-hydrogen) atoms. The van der Waals surface area contributed by atoms with Crippen LogP contribution in [-0.2, 0) is 16.0 Å². The van der Waals surface area contributed by atoms with Gasteiger partial charge in [-0.3, -0.25) is 9.59 Å². The molecule has 2 amide bonds. The number of hydrogen-bond acceptors (Lipinski definition) is 4. The van der Waals surface area contributed by atoms with Crippen molar-refractivity contribution in [1.82, 2.24) is 4.90 Å². The maximum atomic E-state index is 12.7. The molecule has 0 aromatic heterocycles. The van der Waals surface area contributed by atoms with Gasteiger partial charge in [0.25, 0.3) is 0 Å². The minimum absolute atomic E-state index is 0.0214. The summed E-state index contributed by atoms with van der Waals surface area (Å²) in [5.74, 6) is 0.684. The molecule has 2 N–H and O–H groups in total. The van der Waals surface area contributed by atoms with Crippen LogP contribution in [0.2, 0.25) is 0 Å². The largest absolute Gasteiger partial charge is 0.497 e. The summed E-state index contributed by atoms with van der Waals surface area (Å²) in [5, 5.41) is 0. The van der Waals surface area contributed by atoms with Crippen LogP contribution in [0.3, 0.4) is 0 Å². The minimum Gasteiger partial charge on any atom is -0.497 e. The van der Waals surface area contributed by atoms with Crippen molar-refractivity contribution in [2.24, 2.45) is 11.7 Å². The molecule has 0 saturated carbocycles. The van der Waals surface area contributed by atoms with E-state index in [-0.39, 0.29) is 30.2 Å². The molecule has 2 atom stereocenters. The number of piperidine rings is 1. The summed E-state index contributed by atoms with van der Waals surface area (Å²) in [5.41, 5.74) is 6.19. The number of carbonyl (C=O) groups excluding carboxylic acids is 2. The summed E-state index contributed by atoms with van der Waals surface area (Å²) in [6, 6.07) is 5.50. The van der Waals surface area contributed by atoms with Crippen LogP contribution in [-0.4, -0.2) is 43.5 Å². The molecule has 0 aliphatic carbocycles. The van der Waals surface area contributed by atoms with Gasteiger partial charge in [0.15, 0.2) is 0 Å². The first-order valence-corrected chi connectivity index (χ1v) is 7.76. The van der Waals surface area contributed by atoms with Crippen molar-refractivity contribution in [3.8, 4) is 11.5 Å². The first-order valence-electron chi connectivity index (χ1n) is 7.76. The second kappa shape index (κ2) is 7.35. The quantitative estimate of drug-likeness (QED) is 0.888. The number of ether oxygens (including phenoxy) is 2. The van der Waals surface area contributed by atoms with Gasteiger partial charge in [-0.2, -0.15) is 0 Å². The predicted octanol–water partition coefficient (Wildman–Crippen LogP) is 1.36. The lowest BCUT2D eigenvalue weighted by atomic mass is 9.92. The minimum atomic E-state index is -0.336. The van der Waals surface area contributed by atoms with Crippen LogP contribution in [0.25, 0.3) is 0 Å². The van der Waals surface area contributed by atoms with Crippen LogP contribution in [0.1, 0.15) is 25.3 Å². The second-order valence-corrected chi connectivity index (χ2v) is 5.93. The maximum Gasteiger partial charge on any atom is 0.227 e. The van der Waals surface area contributed by atoms with Crippen molar-refractivity contribution >= 4 is 11.8 Å². The highest BCUT2D eigenvalue weighted by molar-refractivity contribution is 5.82. The van der Waals surface area contributed by atoms with Gasteiger partial charge in [-0.1, -0.05) is 6.07 Å². The maximum absolute atomic E-state index is 12.7. The van der Waals surface area contributed by atoms with Gasteiger partial charge in [0.1, 0.15) is 11.5 Å². The van der Waals surface area contributed by atoms with Gasteiger partial charge in [-0.25, -0.2) is 0 Å². The zero-order chi connectivity index (χ0) is 17.0. The van der Waals surface area contributed by atoms with Crippen molar-refractivity contribution < 1.29 is 19.1 Å². The monoisotopic (exact) mass is 320 g/mol. The van der Waals surface area contributed by atoms with E-state index in [1.165, 1.54) is 0 Å². The number of methoxy groups -OCH3 is 2. The van der Waals surface area contributed by atoms with Gasteiger partial charge in [0.2, 0.25) is 11.8 Å². The molecule has 1 aliphatic rings. The van der Waals surface area contributed by atoms with Gasteiger partial charge in [0, 0.05) is 24.2 Å². The van der Waals surface area contributed by atoms with Gasteiger partial charge >= 0.3 is 0 Å². The molecule has 6 heteroatoms. The number of hydrogen-bond donors (Lipinski definition) is 1. The Morgan fingerprint density at radius 1 is 1.26 bits per heavy atom. The molecular formula is C17H24N2O4. The molecule has 0 spiro atoms. The van der Waals surface area contributed by atoms with Gasteiger partial charge in [-0.15, -0.1) is 0 Å². The van der Waals surface area contributed by atoms with Crippen LogP contribution in [0, 0.1) is 5.92 Å². The number of nitrogens with zero attached hydrogens (tertiary/aromatic N) is 1. The normalized spacial score (nSPS) is 20.9. The van der Waals surface area contributed by atoms with E-state index in [0.717, 1.165) is 18.4 Å². The van der Waals surface area contributed by atoms with E-state index in [4.69, 9.17) is 15.2 Å². The van der Waals surface area contributed by atoms with E-state index in [1.807, 2.05) is 13.0 Å². The lowest BCUT2D eigenvalue weighted by molar-refractivity contribution is -0.137. The van der Waals surface area contributed by atoms with Gasteiger partial charge in [0.05, 0.1) is 26.6 Å². The van der Waals surface area contributed by atoms with Crippen molar-refractivity contribution in [3.05, 3.63) is 23.8 Å². The number of primary amides is 1. The topological polar surface area (TPSA) is 81.9 Å². The third-order valence-electron chi connectivity index (χ3n) is 4.44. The number of nitrogens with two attached hydrogens (primary N) is 1. The summed E-state index contributed by atoms with van der Waals surface area (Å²) in [7, 11) is 3.15. The smallest absolute Gasteiger partial charge is 0.227 e. The van der Waals surface area contributed by atoms with Crippen LogP contribution in [0.4, 0.5) is 0 Å². The molecule has 6 nitrogen and oxygen atoms in total. The number of amides is 2. The van der Waals surface area contributed by atoms with E-state index < -0.39 is 0 Å². The van der Waals surface area contributed by atoms with Crippen LogP contribution in [0.15, 0.2) is 18.2 Å². The number of likely N-dealkylation sites (tertiary alicyclic amines) is 1. The SMILES string of the molecule is COc1ccc(CC(=O)N2C[C@H](C(N)=O)CC[C@@H]2C)c(OC)c1. The second-order valence-electron chi connectivity index (χ2n) is 5.93. The van der Waals surface area contributed by atoms with Gasteiger partial charge in [-0.05, 0) is 25.8 Å². The van der Waals surface area contributed by atoms with E-state index >= 15 is 0 Å². The van der Waals surface area contributed by atoms with E-state index in [2.05, 4.69) is 0 Å². The molecule has 126 valence electrons. The first-order chi connectivity index (χ1) is 11.0. The summed E-state index contributed by atoms with van der Waals surface area (Å²) < 4.78 is 10.5. The summed E-state index contributed by atoms with van der Waals surface area (Å²) in [6.07, 6.45) is 1.76. The molecule has 1 saturated heterocycles. The Morgan fingerprint density at radius 2 is 2.00 bits per heavy atom. The predicted molar refractivity (Wildman–Crippen MR) is 86.3 cm³/mol. The number of benzene rings is 1. The summed E-state index contributed by atoms with van der Waals surface area (Å²) >= 11 is 0. The highest BCUT2D eigenvalue weighted by Gasteiger charge is 2.31. The lowest BCUT2D eigenvalue weighted by Crippen LogP contribution is -2.49. The van der Waals surface area contributed by atoms with Crippen LogP contribution in [0.5, 0.6) is 11.5 Å². The number of rotatable bonds is 5. The molecule has 2 rings (SSSR count). The fourth-order valence-corrected chi connectivity index (χ4v) is 2.95. The van der Waals surface area contributed by atoms with Crippen molar-refractivity contribution in [2.75, 3.05) is 20.8 Å². The molecule has 1 fully saturated rings. The fourth-order valence-electron chi connectivity index (χ4n) is 2.95. The first kappa shape index (κ1) is 17.1. The summed E-state index contributed by atoms with van der Waals surface area (Å²) in [6.45, 7) is 2.40. The van der Waals surface area contributed by atoms with Crippen molar-refractivity contribution in [1.29, 1.82) is 0 Å². The molecule has 1 heterocycles.